The standard InChI is InChI=1S/C69H108O6/c1-4-7-10-13-16-19-22-25-27-29-30-31-32-33-34-35-36-37-38-40-41-44-47-50-53-56-59-62-68(71)74-65-66(64-73-67(70)61-58-55-52-49-46-43-24-21-18-15-12-9-6-3)75-69(72)63-60-57-54-51-48-45-42-39-28-26-23-20-17-14-11-8-5-2/h7-12,16-21,25-28,30-31,33-34,36-37,42-43,45-46,66H,4-6,13-15,22-24,29,32,35,38-41,44,47-65H2,1-3H3/b10-7-,11-8-,12-9-,19-16-,20-17-,21-18-,27-25-,28-26-,31-30-,34-33-,37-36-,45-42-,46-43-. The summed E-state index contributed by atoms with van der Waals surface area (Å²) >= 11 is 0. The molecule has 1 unspecified atom stereocenters. The van der Waals surface area contributed by atoms with Crippen LogP contribution in [0.4, 0.5) is 0 Å². The number of carbonyl (C=O) groups excluding carboxylic acids is 3. The van der Waals surface area contributed by atoms with Crippen molar-refractivity contribution in [3.05, 3.63) is 158 Å². The zero-order valence-corrected chi connectivity index (χ0v) is 48.0. The van der Waals surface area contributed by atoms with E-state index in [0.29, 0.717) is 12.8 Å². The molecule has 6 nitrogen and oxygen atoms in total. The molecule has 0 aliphatic heterocycles. The molecule has 0 heterocycles. The Balaban J connectivity index is 4.42. The maximum Gasteiger partial charge on any atom is 0.306 e. The van der Waals surface area contributed by atoms with Gasteiger partial charge in [-0.25, -0.2) is 0 Å². The fraction of sp³-hybridized carbons (Fsp3) is 0.580. The minimum Gasteiger partial charge on any atom is -0.462 e. The van der Waals surface area contributed by atoms with Gasteiger partial charge in [0.05, 0.1) is 0 Å². The molecule has 0 aromatic carbocycles. The van der Waals surface area contributed by atoms with Crippen molar-refractivity contribution in [1.82, 2.24) is 0 Å². The first-order valence-corrected chi connectivity index (χ1v) is 30.0. The number of hydrogen-bond acceptors (Lipinski definition) is 6. The third-order valence-electron chi connectivity index (χ3n) is 12.0. The van der Waals surface area contributed by atoms with Crippen molar-refractivity contribution in [2.24, 2.45) is 0 Å². The van der Waals surface area contributed by atoms with E-state index in [2.05, 4.69) is 179 Å². The molecule has 0 saturated heterocycles. The third kappa shape index (κ3) is 59.8. The van der Waals surface area contributed by atoms with Crippen LogP contribution in [0.5, 0.6) is 0 Å². The first-order chi connectivity index (χ1) is 37.0. The second-order valence-corrected chi connectivity index (χ2v) is 19.1. The Morgan fingerprint density at radius 3 is 0.760 bits per heavy atom. The van der Waals surface area contributed by atoms with Gasteiger partial charge in [0, 0.05) is 19.3 Å². The molecule has 0 rings (SSSR count). The lowest BCUT2D eigenvalue weighted by Gasteiger charge is -2.18. The molecular weight excluding hydrogens is 925 g/mol. The first kappa shape index (κ1) is 70.0. The number of carbonyl (C=O) groups is 3. The van der Waals surface area contributed by atoms with Crippen molar-refractivity contribution in [3.8, 4) is 0 Å². The van der Waals surface area contributed by atoms with E-state index in [-0.39, 0.29) is 37.5 Å². The number of allylic oxidation sites excluding steroid dienone is 26. The monoisotopic (exact) mass is 1030 g/mol. The number of hydrogen-bond donors (Lipinski definition) is 0. The van der Waals surface area contributed by atoms with E-state index in [1.54, 1.807) is 0 Å². The van der Waals surface area contributed by atoms with Gasteiger partial charge < -0.3 is 14.2 Å². The molecule has 1 atom stereocenters. The number of ether oxygens (including phenoxy) is 3. The molecule has 0 aliphatic rings. The summed E-state index contributed by atoms with van der Waals surface area (Å²) in [6.45, 7) is 6.23. The lowest BCUT2D eigenvalue weighted by Crippen LogP contribution is -2.30. The van der Waals surface area contributed by atoms with Crippen LogP contribution in [0.2, 0.25) is 0 Å². The molecule has 0 radical (unpaired) electrons. The van der Waals surface area contributed by atoms with E-state index in [9.17, 15) is 14.4 Å². The summed E-state index contributed by atoms with van der Waals surface area (Å²) in [6.07, 6.45) is 89.6. The van der Waals surface area contributed by atoms with Crippen LogP contribution in [0, 0.1) is 0 Å². The summed E-state index contributed by atoms with van der Waals surface area (Å²) in [5.74, 6) is -0.978. The summed E-state index contributed by atoms with van der Waals surface area (Å²) in [5.41, 5.74) is 0. The molecule has 75 heavy (non-hydrogen) atoms. The molecule has 0 aromatic rings. The highest BCUT2D eigenvalue weighted by Crippen LogP contribution is 2.14. The van der Waals surface area contributed by atoms with Crippen molar-refractivity contribution >= 4 is 17.9 Å². The van der Waals surface area contributed by atoms with Gasteiger partial charge in [-0.15, -0.1) is 0 Å². The summed E-state index contributed by atoms with van der Waals surface area (Å²) in [6, 6.07) is 0. The SMILES string of the molecule is CC/C=C\C/C=C\C/C=C\C/C=C\C/C=C\C/C=C\CCCCCCCCCCC(=O)OCC(COC(=O)CCCCC/C=C\C/C=C\C/C=C\CC)OC(=O)CCCCCC/C=C\C/C=C\C/C=C\C/C=C\CC. The number of esters is 3. The van der Waals surface area contributed by atoms with Crippen molar-refractivity contribution in [2.45, 2.75) is 245 Å². The second-order valence-electron chi connectivity index (χ2n) is 19.1. The van der Waals surface area contributed by atoms with E-state index < -0.39 is 6.10 Å². The molecule has 6 heteroatoms. The second kappa shape index (κ2) is 61.6. The molecule has 0 fully saturated rings. The Kier molecular flexibility index (Phi) is 57.5. The summed E-state index contributed by atoms with van der Waals surface area (Å²) in [5, 5.41) is 0. The summed E-state index contributed by atoms with van der Waals surface area (Å²) in [4.78, 5) is 38.2. The largest absolute Gasteiger partial charge is 0.462 e. The Labute approximate surface area is 460 Å². The Bertz CT molecular complexity index is 1710. The summed E-state index contributed by atoms with van der Waals surface area (Å²) in [7, 11) is 0. The maximum atomic E-state index is 12.9. The van der Waals surface area contributed by atoms with E-state index in [1.165, 1.54) is 32.1 Å². The van der Waals surface area contributed by atoms with Gasteiger partial charge in [0.2, 0.25) is 0 Å². The maximum absolute atomic E-state index is 12.9. The van der Waals surface area contributed by atoms with Crippen molar-refractivity contribution in [1.29, 1.82) is 0 Å². The predicted molar refractivity (Wildman–Crippen MR) is 325 cm³/mol. The van der Waals surface area contributed by atoms with Crippen LogP contribution in [-0.2, 0) is 28.6 Å². The fourth-order valence-electron chi connectivity index (χ4n) is 7.63. The minimum absolute atomic E-state index is 0.109. The van der Waals surface area contributed by atoms with Crippen LogP contribution < -0.4 is 0 Å². The average molecular weight is 1030 g/mol. The number of rotatable bonds is 52. The molecule has 0 spiro atoms. The van der Waals surface area contributed by atoms with Crippen LogP contribution in [-0.4, -0.2) is 37.2 Å². The lowest BCUT2D eigenvalue weighted by molar-refractivity contribution is -0.167. The van der Waals surface area contributed by atoms with Crippen LogP contribution in [0.15, 0.2) is 158 Å². The molecular formula is C69H108O6. The molecule has 0 saturated carbocycles. The van der Waals surface area contributed by atoms with E-state index in [4.69, 9.17) is 14.2 Å². The summed E-state index contributed by atoms with van der Waals surface area (Å²) < 4.78 is 16.8. The van der Waals surface area contributed by atoms with Crippen LogP contribution in [0.1, 0.15) is 239 Å². The zero-order valence-electron chi connectivity index (χ0n) is 48.0. The van der Waals surface area contributed by atoms with E-state index >= 15 is 0 Å². The zero-order chi connectivity index (χ0) is 54.3. The molecule has 0 aromatic heterocycles. The van der Waals surface area contributed by atoms with Crippen molar-refractivity contribution in [2.75, 3.05) is 13.2 Å². The molecule has 0 aliphatic carbocycles. The highest BCUT2D eigenvalue weighted by atomic mass is 16.6. The Morgan fingerprint density at radius 2 is 0.480 bits per heavy atom. The van der Waals surface area contributed by atoms with Crippen molar-refractivity contribution in [3.63, 3.8) is 0 Å². The van der Waals surface area contributed by atoms with Gasteiger partial charge in [-0.1, -0.05) is 237 Å². The van der Waals surface area contributed by atoms with Gasteiger partial charge in [0.25, 0.3) is 0 Å². The highest BCUT2D eigenvalue weighted by Gasteiger charge is 2.19. The molecule has 420 valence electrons. The van der Waals surface area contributed by atoms with Gasteiger partial charge in [0.15, 0.2) is 6.10 Å². The molecule has 0 amide bonds. The quantitative estimate of drug-likeness (QED) is 0.0261. The Hall–Kier alpha value is -4.97. The van der Waals surface area contributed by atoms with Gasteiger partial charge in [-0.2, -0.15) is 0 Å². The molecule has 0 N–H and O–H groups in total. The first-order valence-electron chi connectivity index (χ1n) is 30.0. The fourth-order valence-corrected chi connectivity index (χ4v) is 7.63. The topological polar surface area (TPSA) is 78.9 Å². The van der Waals surface area contributed by atoms with E-state index in [1.807, 2.05) is 0 Å². The predicted octanol–water partition coefficient (Wildman–Crippen LogP) is 20.5. The van der Waals surface area contributed by atoms with Crippen LogP contribution in [0.25, 0.3) is 0 Å². The van der Waals surface area contributed by atoms with E-state index in [0.717, 1.165) is 167 Å². The normalized spacial score (nSPS) is 13.3. The van der Waals surface area contributed by atoms with Gasteiger partial charge in [-0.05, 0) is 141 Å². The molecule has 0 bridgehead atoms. The minimum atomic E-state index is -0.815. The average Bonchev–Trinajstić information content (AvgIpc) is 3.41. The smallest absolute Gasteiger partial charge is 0.306 e. The lowest BCUT2D eigenvalue weighted by atomic mass is 10.1. The Morgan fingerprint density at radius 1 is 0.267 bits per heavy atom. The van der Waals surface area contributed by atoms with Crippen molar-refractivity contribution < 1.29 is 28.6 Å². The highest BCUT2D eigenvalue weighted by molar-refractivity contribution is 5.71. The third-order valence-corrected chi connectivity index (χ3v) is 12.0. The van der Waals surface area contributed by atoms with Crippen LogP contribution >= 0.6 is 0 Å². The van der Waals surface area contributed by atoms with Crippen LogP contribution in [0.3, 0.4) is 0 Å². The number of unbranched alkanes of at least 4 members (excludes halogenated alkanes) is 15. The van der Waals surface area contributed by atoms with Gasteiger partial charge in [-0.3, -0.25) is 14.4 Å². The van der Waals surface area contributed by atoms with Gasteiger partial charge in [0.1, 0.15) is 13.2 Å². The van der Waals surface area contributed by atoms with Gasteiger partial charge >= 0.3 is 17.9 Å².